The fourth-order valence-electron chi connectivity index (χ4n) is 9.04. The second-order valence-electron chi connectivity index (χ2n) is 19.0. The topological polar surface area (TPSA) is 214 Å². The van der Waals surface area contributed by atoms with Crippen LogP contribution in [-0.2, 0) is 88.9 Å². The third-order valence-corrected chi connectivity index (χ3v) is 17.4. The fraction of sp³-hybridized carbons (Fsp3) is 0.367. The zero-order chi connectivity index (χ0) is 58.8. The van der Waals surface area contributed by atoms with Gasteiger partial charge in [0.05, 0.1) is 40.9 Å². The van der Waals surface area contributed by atoms with E-state index in [-0.39, 0.29) is 55.2 Å². The fourth-order valence-corrected chi connectivity index (χ4v) is 10.7. The zero-order valence-electron chi connectivity index (χ0n) is 42.1. The number of sulfone groups is 1. The largest absolute Gasteiger partial charge is 0.529 e. The van der Waals surface area contributed by atoms with E-state index in [4.69, 9.17) is 25.2 Å². The first-order valence-electron chi connectivity index (χ1n) is 23.3. The van der Waals surface area contributed by atoms with Crippen LogP contribution in [0.2, 0.25) is 5.02 Å². The van der Waals surface area contributed by atoms with Crippen molar-refractivity contribution in [2.24, 2.45) is 5.92 Å². The number of hydrogen-bond donors (Lipinski definition) is 2. The van der Waals surface area contributed by atoms with Crippen molar-refractivity contribution in [3.05, 3.63) is 129 Å². The molecular formula is C49H43ClF10N7O10PS2. The predicted molar refractivity (Wildman–Crippen MR) is 266 cm³/mol. The number of amides is 2. The number of alkyl halides is 8. The third-order valence-electron chi connectivity index (χ3n) is 13.1. The molecule has 0 radical (unpaired) electrons. The van der Waals surface area contributed by atoms with Crippen molar-refractivity contribution in [1.82, 2.24) is 34.2 Å². The Morgan fingerprint density at radius 1 is 0.963 bits per heavy atom. The van der Waals surface area contributed by atoms with Crippen molar-refractivity contribution < 1.29 is 88.8 Å². The van der Waals surface area contributed by atoms with Crippen molar-refractivity contribution in [3.63, 3.8) is 0 Å². The van der Waals surface area contributed by atoms with Crippen molar-refractivity contribution in [3.8, 4) is 28.7 Å². The molecule has 31 heteroatoms. The molecule has 3 aromatic heterocycles. The quantitative estimate of drug-likeness (QED) is 0.0355. The summed E-state index contributed by atoms with van der Waals surface area (Å²) in [5, 5.41) is 9.29. The van der Waals surface area contributed by atoms with Crippen molar-refractivity contribution >= 4 is 63.2 Å². The molecule has 2 N–H and O–H groups in total. The summed E-state index contributed by atoms with van der Waals surface area (Å²) < 4.78 is 223. The van der Waals surface area contributed by atoms with Gasteiger partial charge in [-0.05, 0) is 92.1 Å². The first-order chi connectivity index (χ1) is 37.1. The first-order valence-corrected chi connectivity index (χ1v) is 28.1. The Labute approximate surface area is 455 Å². The van der Waals surface area contributed by atoms with Gasteiger partial charge in [-0.2, -0.15) is 45.3 Å². The number of phosphoric ester groups is 1. The summed E-state index contributed by atoms with van der Waals surface area (Å²) >= 11 is 3.53. The lowest BCUT2D eigenvalue weighted by Crippen LogP contribution is -2.35. The minimum atomic E-state index is -5.23. The van der Waals surface area contributed by atoms with Gasteiger partial charge in [0.1, 0.15) is 46.6 Å². The van der Waals surface area contributed by atoms with E-state index in [1.54, 1.807) is 0 Å². The van der Waals surface area contributed by atoms with E-state index in [0.29, 0.717) is 15.1 Å². The number of halogens is 11. The minimum Gasteiger partial charge on any atom is -0.404 e. The van der Waals surface area contributed by atoms with Gasteiger partial charge in [-0.15, -0.1) is 0 Å². The second kappa shape index (κ2) is 21.8. The molecule has 0 saturated heterocycles. The Kier molecular flexibility index (Phi) is 16.3. The van der Waals surface area contributed by atoms with Crippen LogP contribution in [0.15, 0.2) is 66.7 Å². The SMILES string of the molecule is COP(=O)(OC)Oc1ccc(CC(=O)N(Cc2nn(CC(F)(F)F)c3c(-c4ccc(C#CC(C)(C)S(C)(=O)=O)nc4C(Cc4cc(F)cc(F)c4)NC(=O)Cn4nc(C(F)(F)F)c5c4C(F)(F)[C@@H]4C[C@H]54)ccc(Cl)c23)S(=O)O)cc1. The van der Waals surface area contributed by atoms with Gasteiger partial charge < -0.3 is 9.84 Å². The summed E-state index contributed by atoms with van der Waals surface area (Å²) in [6.45, 7) is -1.68. The highest BCUT2D eigenvalue weighted by molar-refractivity contribution is 7.92. The summed E-state index contributed by atoms with van der Waals surface area (Å²) in [6, 6.07) is 10.2. The molecular weight excluding hydrogens is 1170 g/mol. The Bertz CT molecular complexity index is 3690. The Morgan fingerprint density at radius 3 is 2.19 bits per heavy atom. The zero-order valence-corrected chi connectivity index (χ0v) is 45.3. The van der Waals surface area contributed by atoms with E-state index < -0.39 is 160 Å². The van der Waals surface area contributed by atoms with Gasteiger partial charge in [-0.3, -0.25) is 32.6 Å². The van der Waals surface area contributed by atoms with E-state index in [1.807, 2.05) is 0 Å². The van der Waals surface area contributed by atoms with Gasteiger partial charge in [0.25, 0.3) is 17.2 Å². The molecule has 4 atom stereocenters. The average molecular weight is 1210 g/mol. The molecule has 0 spiro atoms. The Hall–Kier alpha value is -6.41. The molecule has 0 aliphatic heterocycles. The molecule has 2 aliphatic rings. The monoisotopic (exact) mass is 1210 g/mol. The minimum absolute atomic E-state index is 0.0280. The maximum Gasteiger partial charge on any atom is 0.529 e. The molecule has 0 bridgehead atoms. The van der Waals surface area contributed by atoms with Crippen LogP contribution in [0.5, 0.6) is 5.75 Å². The maximum atomic E-state index is 15.7. The molecule has 2 amide bonds. The number of pyridine rings is 1. The second-order valence-corrected chi connectivity index (χ2v) is 24.7. The number of carbonyl (C=O) groups is 2. The van der Waals surface area contributed by atoms with Crippen LogP contribution in [0, 0.1) is 29.4 Å². The van der Waals surface area contributed by atoms with Crippen LogP contribution in [0.4, 0.5) is 43.9 Å². The molecule has 1 saturated carbocycles. The summed E-state index contributed by atoms with van der Waals surface area (Å²) in [5.41, 5.74) is -5.81. The standard InChI is InChI=1S/C49H43ClF10N7O10PS2/c1-46(2,80(5,73)74)15-14-29-8-11-31(42(61-29)36(18-26-16-27(51)20-28(52)17-26)62-38(68)23-65-45-40(44(64-65)49(58,59)60)33-21-34(33)48(45,56)57)32-12-13-35(50)41-37(63-66(43(32)41)24-47(53,54)55)22-67(79(71)72)39(69)19-25-6-9-30(10-7-25)77-78(70,75-3)76-4/h6-13,16-17,20,33-34,36H,18-19,21-24H2,1-5H3,(H,62,68)(H,71,72)/t33-,34+,36?/m0/s1. The molecule has 6 aromatic rings. The van der Waals surface area contributed by atoms with Crippen LogP contribution in [0.1, 0.15) is 77.4 Å². The van der Waals surface area contributed by atoms with Gasteiger partial charge >= 0.3 is 20.2 Å². The number of nitrogens with zero attached hydrogens (tertiary/aromatic N) is 6. The normalized spacial score (nSPS) is 16.8. The van der Waals surface area contributed by atoms with E-state index in [2.05, 4.69) is 32.3 Å². The smallest absolute Gasteiger partial charge is 0.404 e. The number of aromatic nitrogens is 5. The van der Waals surface area contributed by atoms with Gasteiger partial charge in [0, 0.05) is 54.5 Å². The third kappa shape index (κ3) is 12.6. The summed E-state index contributed by atoms with van der Waals surface area (Å²) in [6.07, 6.45) is -11.0. The first kappa shape index (κ1) is 59.7. The van der Waals surface area contributed by atoms with Crippen LogP contribution < -0.4 is 9.84 Å². The molecule has 1 fully saturated rings. The maximum absolute atomic E-state index is 15.7. The molecule has 2 aliphatic carbocycles. The van der Waals surface area contributed by atoms with Crippen LogP contribution in [0.3, 0.4) is 0 Å². The van der Waals surface area contributed by atoms with E-state index in [0.717, 1.165) is 38.7 Å². The van der Waals surface area contributed by atoms with Gasteiger partial charge in [-0.1, -0.05) is 35.7 Å². The molecule has 428 valence electrons. The van der Waals surface area contributed by atoms with Crippen molar-refractivity contribution in [1.29, 1.82) is 0 Å². The molecule has 80 heavy (non-hydrogen) atoms. The van der Waals surface area contributed by atoms with Crippen LogP contribution in [0.25, 0.3) is 22.0 Å². The Balaban J connectivity index is 1.27. The van der Waals surface area contributed by atoms with Crippen molar-refractivity contribution in [2.45, 2.75) is 87.7 Å². The average Bonchev–Trinajstić information content (AvgIpc) is 4.09. The number of hydrogen-bond acceptors (Lipinski definition) is 12. The highest BCUT2D eigenvalue weighted by Gasteiger charge is 2.68. The molecule has 3 aromatic carbocycles. The van der Waals surface area contributed by atoms with E-state index in [9.17, 15) is 66.5 Å². The number of phosphoric acid groups is 1. The number of nitrogens with one attached hydrogen (secondary N) is 1. The summed E-state index contributed by atoms with van der Waals surface area (Å²) in [5.74, 6) is -6.11. The lowest BCUT2D eigenvalue weighted by molar-refractivity contribution is -0.143. The number of rotatable bonds is 18. The molecule has 8 rings (SSSR count). The van der Waals surface area contributed by atoms with Crippen LogP contribution >= 0.6 is 19.4 Å². The Morgan fingerprint density at radius 2 is 1.60 bits per heavy atom. The highest BCUT2D eigenvalue weighted by Crippen LogP contribution is 2.68. The van der Waals surface area contributed by atoms with Gasteiger partial charge in [0.15, 0.2) is 15.5 Å². The van der Waals surface area contributed by atoms with Crippen LogP contribution in [-0.4, -0.2) is 89.2 Å². The molecule has 17 nitrogen and oxygen atoms in total. The van der Waals surface area contributed by atoms with E-state index in [1.165, 1.54) is 56.3 Å². The van der Waals surface area contributed by atoms with Gasteiger partial charge in [0.2, 0.25) is 11.8 Å². The number of carbonyl (C=O) groups excluding carboxylic acids is 2. The highest BCUT2D eigenvalue weighted by atomic mass is 35.5. The number of benzene rings is 3. The lowest BCUT2D eigenvalue weighted by atomic mass is 9.93. The molecule has 3 heterocycles. The summed E-state index contributed by atoms with van der Waals surface area (Å²) in [4.78, 5) is 32.6. The van der Waals surface area contributed by atoms with E-state index >= 15 is 8.78 Å². The molecule has 2 unspecified atom stereocenters. The van der Waals surface area contributed by atoms with Crippen molar-refractivity contribution in [2.75, 3.05) is 20.5 Å². The number of fused-ring (bicyclic) bond motifs is 4. The lowest BCUT2D eigenvalue weighted by Gasteiger charge is -2.23. The van der Waals surface area contributed by atoms with Gasteiger partial charge in [-0.25, -0.2) is 35.3 Å². The predicted octanol–water partition coefficient (Wildman–Crippen LogP) is 9.78. The summed E-state index contributed by atoms with van der Waals surface area (Å²) in [7, 11) is -5.78.